The molecule has 0 atom stereocenters. The number of carbonyl (C=O) groups excluding carboxylic acids is 1. The van der Waals surface area contributed by atoms with Crippen LogP contribution < -0.4 is 5.73 Å². The second kappa shape index (κ2) is 6.93. The normalized spacial score (nSPS) is 10.9. The lowest BCUT2D eigenvalue weighted by molar-refractivity contribution is -0.138. The molecule has 0 saturated heterocycles. The molecule has 0 aliphatic carbocycles. The van der Waals surface area contributed by atoms with Crippen LogP contribution in [0.3, 0.4) is 0 Å². The summed E-state index contributed by atoms with van der Waals surface area (Å²) in [5.74, 6) is -0.778. The van der Waals surface area contributed by atoms with Gasteiger partial charge in [-0.15, -0.1) is 6.58 Å². The first-order valence-electron chi connectivity index (χ1n) is 5.23. The summed E-state index contributed by atoms with van der Waals surface area (Å²) in [7, 11) is 0. The van der Waals surface area contributed by atoms with Gasteiger partial charge in [-0.2, -0.15) is 0 Å². The largest absolute Gasteiger partial charge is 0.481 e. The molecule has 0 spiro atoms. The molecular formula is C12H23NO4. The zero-order valence-electron chi connectivity index (χ0n) is 11.2. The first-order chi connectivity index (χ1) is 7.39. The molecule has 0 aliphatic heterocycles. The third kappa shape index (κ3) is 17.1. The van der Waals surface area contributed by atoms with E-state index < -0.39 is 17.7 Å². The number of amides is 1. The van der Waals surface area contributed by atoms with Crippen molar-refractivity contribution in [3.8, 4) is 0 Å². The van der Waals surface area contributed by atoms with Gasteiger partial charge < -0.3 is 15.6 Å². The molecule has 17 heavy (non-hydrogen) atoms. The van der Waals surface area contributed by atoms with E-state index in [-0.39, 0.29) is 11.8 Å². The van der Waals surface area contributed by atoms with Crippen molar-refractivity contribution in [2.45, 2.75) is 46.6 Å². The summed E-state index contributed by atoms with van der Waals surface area (Å²) in [6.45, 7) is 12.5. The number of allylic oxidation sites excluding steroid dienone is 1. The monoisotopic (exact) mass is 245 g/mol. The molecule has 1 amide bonds. The average Bonchev–Trinajstić information content (AvgIpc) is 1.97. The number of rotatable bonds is 3. The second-order valence-electron chi connectivity index (χ2n) is 5.30. The van der Waals surface area contributed by atoms with E-state index in [1.165, 1.54) is 0 Å². The lowest BCUT2D eigenvalue weighted by Gasteiger charge is -2.16. The molecule has 5 nitrogen and oxygen atoms in total. The van der Waals surface area contributed by atoms with Crippen molar-refractivity contribution in [2.24, 2.45) is 11.1 Å². The summed E-state index contributed by atoms with van der Waals surface area (Å²) in [5, 5.41) is 8.33. The van der Waals surface area contributed by atoms with Gasteiger partial charge in [0.05, 0.1) is 6.42 Å². The first-order valence-corrected chi connectivity index (χ1v) is 5.23. The molecular weight excluding hydrogens is 222 g/mol. The van der Waals surface area contributed by atoms with Crippen molar-refractivity contribution >= 4 is 12.1 Å². The molecule has 0 radical (unpaired) electrons. The SMILES string of the molecule is C=CC(C)(C)CC(=O)O.CC(C)(C)OC(N)=O. The van der Waals surface area contributed by atoms with E-state index in [4.69, 9.17) is 10.8 Å². The van der Waals surface area contributed by atoms with E-state index in [1.807, 2.05) is 13.8 Å². The molecule has 0 aliphatic rings. The smallest absolute Gasteiger partial charge is 0.405 e. The Morgan fingerprint density at radius 1 is 1.29 bits per heavy atom. The Balaban J connectivity index is 0. The maximum atomic E-state index is 10.1. The minimum Gasteiger partial charge on any atom is -0.481 e. The highest BCUT2D eigenvalue weighted by atomic mass is 16.6. The van der Waals surface area contributed by atoms with Crippen LogP contribution in [0.25, 0.3) is 0 Å². The van der Waals surface area contributed by atoms with Crippen molar-refractivity contribution in [1.82, 2.24) is 0 Å². The minimum atomic E-state index is -0.778. The summed E-state index contributed by atoms with van der Waals surface area (Å²) in [6, 6.07) is 0. The molecule has 0 aromatic heterocycles. The van der Waals surface area contributed by atoms with Crippen LogP contribution in [0.15, 0.2) is 12.7 Å². The number of aliphatic carboxylic acids is 1. The Kier molecular flexibility index (Phi) is 7.29. The molecule has 0 bridgehead atoms. The zero-order chi connectivity index (χ0) is 14.3. The van der Waals surface area contributed by atoms with Crippen LogP contribution in [-0.4, -0.2) is 22.8 Å². The van der Waals surface area contributed by atoms with Crippen LogP contribution in [0, 0.1) is 5.41 Å². The number of nitrogens with two attached hydrogens (primary N) is 1. The van der Waals surface area contributed by atoms with E-state index in [2.05, 4.69) is 11.3 Å². The van der Waals surface area contributed by atoms with E-state index in [0.29, 0.717) is 0 Å². The molecule has 0 fully saturated rings. The highest BCUT2D eigenvalue weighted by Crippen LogP contribution is 2.20. The summed E-state index contributed by atoms with van der Waals surface area (Å²) >= 11 is 0. The second-order valence-corrected chi connectivity index (χ2v) is 5.30. The molecule has 0 aromatic carbocycles. The Bertz CT molecular complexity index is 277. The topological polar surface area (TPSA) is 89.6 Å². The maximum absolute atomic E-state index is 10.1. The Hall–Kier alpha value is -1.52. The third-order valence-electron chi connectivity index (χ3n) is 1.57. The third-order valence-corrected chi connectivity index (χ3v) is 1.57. The molecule has 100 valence electrons. The fraction of sp³-hybridized carbons (Fsp3) is 0.667. The lowest BCUT2D eigenvalue weighted by atomic mass is 9.90. The standard InChI is InChI=1S/C7H12O2.C5H11NO2/c1-4-7(2,3)5-6(8)9;1-5(2,3)8-4(6)7/h4H,1,5H2,2-3H3,(H,8,9);1-3H3,(H2,6,7). The van der Waals surface area contributed by atoms with Crippen LogP contribution in [0.5, 0.6) is 0 Å². The first kappa shape index (κ1) is 17.9. The van der Waals surface area contributed by atoms with E-state index in [0.717, 1.165) is 0 Å². The van der Waals surface area contributed by atoms with Crippen LogP contribution in [0.1, 0.15) is 41.0 Å². The fourth-order valence-corrected chi connectivity index (χ4v) is 0.764. The molecule has 0 unspecified atom stereocenters. The number of carboxylic acid groups (broad SMARTS) is 1. The van der Waals surface area contributed by atoms with Crippen LogP contribution in [0.2, 0.25) is 0 Å². The van der Waals surface area contributed by atoms with Gasteiger partial charge in [0.1, 0.15) is 5.60 Å². The van der Waals surface area contributed by atoms with E-state index >= 15 is 0 Å². The van der Waals surface area contributed by atoms with Gasteiger partial charge in [0.25, 0.3) is 0 Å². The zero-order valence-corrected chi connectivity index (χ0v) is 11.2. The van der Waals surface area contributed by atoms with Crippen molar-refractivity contribution in [2.75, 3.05) is 0 Å². The number of primary amides is 1. The number of carboxylic acids is 1. The molecule has 5 heteroatoms. The van der Waals surface area contributed by atoms with Crippen molar-refractivity contribution < 1.29 is 19.4 Å². The highest BCUT2D eigenvalue weighted by Gasteiger charge is 2.16. The van der Waals surface area contributed by atoms with Crippen LogP contribution in [-0.2, 0) is 9.53 Å². The van der Waals surface area contributed by atoms with Crippen molar-refractivity contribution in [1.29, 1.82) is 0 Å². The molecule has 0 rings (SSSR count). The minimum absolute atomic E-state index is 0.149. The van der Waals surface area contributed by atoms with Gasteiger partial charge in [0, 0.05) is 0 Å². The maximum Gasteiger partial charge on any atom is 0.405 e. The molecule has 0 heterocycles. The summed E-state index contributed by atoms with van der Waals surface area (Å²) < 4.78 is 4.58. The van der Waals surface area contributed by atoms with Gasteiger partial charge >= 0.3 is 12.1 Å². The Morgan fingerprint density at radius 3 is 1.76 bits per heavy atom. The Morgan fingerprint density at radius 2 is 1.71 bits per heavy atom. The average molecular weight is 245 g/mol. The van der Waals surface area contributed by atoms with Gasteiger partial charge in [-0.05, 0) is 26.2 Å². The molecule has 3 N–H and O–H groups in total. The summed E-state index contributed by atoms with van der Waals surface area (Å²) in [4.78, 5) is 20.1. The number of carbonyl (C=O) groups is 2. The number of hydrogen-bond acceptors (Lipinski definition) is 3. The number of ether oxygens (including phenoxy) is 1. The van der Waals surface area contributed by atoms with Gasteiger partial charge in [-0.25, -0.2) is 4.79 Å². The lowest BCUT2D eigenvalue weighted by Crippen LogP contribution is -2.27. The summed E-state index contributed by atoms with van der Waals surface area (Å²) in [5.41, 5.74) is 3.99. The van der Waals surface area contributed by atoms with Gasteiger partial charge in [0.2, 0.25) is 0 Å². The van der Waals surface area contributed by atoms with E-state index in [9.17, 15) is 9.59 Å². The van der Waals surface area contributed by atoms with Crippen LogP contribution in [0.4, 0.5) is 4.79 Å². The predicted octanol–water partition coefficient (Wildman–Crippen LogP) is 2.55. The van der Waals surface area contributed by atoms with Gasteiger partial charge in [-0.3, -0.25) is 4.79 Å². The van der Waals surface area contributed by atoms with Crippen LogP contribution >= 0.6 is 0 Å². The number of hydrogen-bond donors (Lipinski definition) is 2. The quantitative estimate of drug-likeness (QED) is 0.748. The van der Waals surface area contributed by atoms with E-state index in [1.54, 1.807) is 26.8 Å². The molecule has 0 aromatic rings. The van der Waals surface area contributed by atoms with Crippen molar-refractivity contribution in [3.05, 3.63) is 12.7 Å². The summed E-state index contributed by atoms with van der Waals surface area (Å²) in [6.07, 6.45) is 1.08. The Labute approximate surface area is 103 Å². The fourth-order valence-electron chi connectivity index (χ4n) is 0.764. The van der Waals surface area contributed by atoms with Gasteiger partial charge in [0.15, 0.2) is 0 Å². The predicted molar refractivity (Wildman–Crippen MR) is 66.7 cm³/mol. The van der Waals surface area contributed by atoms with Gasteiger partial charge in [-0.1, -0.05) is 19.9 Å². The molecule has 0 saturated carbocycles. The van der Waals surface area contributed by atoms with Crippen molar-refractivity contribution in [3.63, 3.8) is 0 Å². The highest BCUT2D eigenvalue weighted by molar-refractivity contribution is 5.67.